The van der Waals surface area contributed by atoms with Gasteiger partial charge in [-0.05, 0) is 56.3 Å². The average Bonchev–Trinajstić information content (AvgIpc) is 2.72. The highest BCUT2D eigenvalue weighted by Crippen LogP contribution is 2.23. The largest absolute Gasteiger partial charge is 0.497 e. The molecule has 0 fully saturated rings. The third-order valence-corrected chi connectivity index (χ3v) is 3.77. The first-order valence-electron chi connectivity index (χ1n) is 8.70. The molecule has 0 aliphatic heterocycles. The zero-order valence-corrected chi connectivity index (χ0v) is 16.3. The van der Waals surface area contributed by atoms with E-state index in [2.05, 4.69) is 10.9 Å². The maximum Gasteiger partial charge on any atom is 0.279 e. The Labute approximate surface area is 163 Å². The van der Waals surface area contributed by atoms with Crippen LogP contribution in [0, 0.1) is 0 Å². The van der Waals surface area contributed by atoms with E-state index in [0.29, 0.717) is 29.6 Å². The molecule has 0 aromatic heterocycles. The molecule has 0 saturated heterocycles. The van der Waals surface area contributed by atoms with E-state index in [1.165, 1.54) is 20.3 Å². The Kier molecular flexibility index (Phi) is 7.50. The van der Waals surface area contributed by atoms with Crippen LogP contribution in [0.5, 0.6) is 23.0 Å². The third kappa shape index (κ3) is 5.54. The number of ether oxygens (including phenoxy) is 4. The number of hydrogen-bond acceptors (Lipinski definition) is 6. The predicted molar refractivity (Wildman–Crippen MR) is 103 cm³/mol. The lowest BCUT2D eigenvalue weighted by molar-refractivity contribution is -0.128. The van der Waals surface area contributed by atoms with Crippen LogP contribution >= 0.6 is 0 Å². The lowest BCUT2D eigenvalue weighted by atomic mass is 10.2. The van der Waals surface area contributed by atoms with E-state index in [0.717, 1.165) is 0 Å². The number of hydrogen-bond donors (Lipinski definition) is 2. The van der Waals surface area contributed by atoms with Crippen molar-refractivity contribution in [1.82, 2.24) is 10.9 Å². The second-order valence-corrected chi connectivity index (χ2v) is 5.67. The molecule has 8 nitrogen and oxygen atoms in total. The fraction of sp³-hybridized carbons (Fsp3) is 0.300. The molecule has 0 aliphatic carbocycles. The van der Waals surface area contributed by atoms with Crippen LogP contribution in [0.3, 0.4) is 0 Å². The molecule has 0 saturated carbocycles. The predicted octanol–water partition coefficient (Wildman–Crippen LogP) is 2.33. The minimum atomic E-state index is -0.828. The van der Waals surface area contributed by atoms with Crippen LogP contribution < -0.4 is 29.8 Å². The lowest BCUT2D eigenvalue weighted by Crippen LogP contribution is -2.47. The van der Waals surface area contributed by atoms with Crippen molar-refractivity contribution in [3.63, 3.8) is 0 Å². The van der Waals surface area contributed by atoms with Gasteiger partial charge in [-0.15, -0.1) is 0 Å². The molecule has 0 heterocycles. The topological polar surface area (TPSA) is 95.1 Å². The molecule has 0 unspecified atom stereocenters. The summed E-state index contributed by atoms with van der Waals surface area (Å²) in [6.45, 7) is 4.03. The van der Waals surface area contributed by atoms with Gasteiger partial charge in [-0.1, -0.05) is 0 Å². The van der Waals surface area contributed by atoms with E-state index in [-0.39, 0.29) is 5.56 Å². The van der Waals surface area contributed by atoms with E-state index < -0.39 is 17.9 Å². The Morgan fingerprint density at radius 3 is 2.18 bits per heavy atom. The van der Waals surface area contributed by atoms with Crippen LogP contribution in [0.25, 0.3) is 0 Å². The van der Waals surface area contributed by atoms with Crippen LogP contribution in [-0.4, -0.2) is 38.7 Å². The number of carbonyl (C=O) groups is 2. The van der Waals surface area contributed by atoms with E-state index in [9.17, 15) is 9.59 Å². The molecule has 2 N–H and O–H groups in total. The fourth-order valence-electron chi connectivity index (χ4n) is 2.32. The van der Waals surface area contributed by atoms with Gasteiger partial charge in [0.05, 0.1) is 26.4 Å². The maximum absolute atomic E-state index is 12.4. The molecule has 2 aromatic rings. The highest BCUT2D eigenvalue weighted by Gasteiger charge is 2.18. The molecule has 28 heavy (non-hydrogen) atoms. The van der Waals surface area contributed by atoms with Gasteiger partial charge in [0.25, 0.3) is 11.8 Å². The van der Waals surface area contributed by atoms with Crippen LogP contribution in [0.15, 0.2) is 42.5 Å². The van der Waals surface area contributed by atoms with E-state index in [4.69, 9.17) is 18.9 Å². The van der Waals surface area contributed by atoms with Gasteiger partial charge in [-0.3, -0.25) is 20.4 Å². The van der Waals surface area contributed by atoms with E-state index in [1.807, 2.05) is 6.92 Å². The SMILES string of the molecule is CCOc1ccc(O[C@@H](C)C(=O)NNC(=O)c2cc(OC)ccc2OC)cc1. The Hall–Kier alpha value is -3.42. The number of carbonyl (C=O) groups excluding carboxylic acids is 2. The first kappa shape index (κ1) is 20.9. The van der Waals surface area contributed by atoms with Crippen LogP contribution in [0.4, 0.5) is 0 Å². The molecular formula is C20H24N2O6. The number of hydrazine groups is 1. The first-order chi connectivity index (χ1) is 13.5. The van der Waals surface area contributed by atoms with Crippen molar-refractivity contribution < 1.29 is 28.5 Å². The van der Waals surface area contributed by atoms with Crippen molar-refractivity contribution in [2.24, 2.45) is 0 Å². The normalized spacial score (nSPS) is 11.1. The summed E-state index contributed by atoms with van der Waals surface area (Å²) in [5, 5.41) is 0. The molecule has 0 bridgehead atoms. The quantitative estimate of drug-likeness (QED) is 0.674. The van der Waals surface area contributed by atoms with Crippen molar-refractivity contribution >= 4 is 11.8 Å². The Bertz CT molecular complexity index is 807. The monoisotopic (exact) mass is 388 g/mol. The number of methoxy groups -OCH3 is 2. The van der Waals surface area contributed by atoms with Crippen molar-refractivity contribution in [2.75, 3.05) is 20.8 Å². The Morgan fingerprint density at radius 2 is 1.57 bits per heavy atom. The molecule has 2 rings (SSSR count). The average molecular weight is 388 g/mol. The maximum atomic E-state index is 12.4. The van der Waals surface area contributed by atoms with Gasteiger partial charge >= 0.3 is 0 Å². The van der Waals surface area contributed by atoms with Crippen molar-refractivity contribution in [3.8, 4) is 23.0 Å². The number of rotatable bonds is 8. The molecule has 2 aromatic carbocycles. The van der Waals surface area contributed by atoms with Crippen molar-refractivity contribution in [3.05, 3.63) is 48.0 Å². The molecule has 8 heteroatoms. The molecule has 0 aliphatic rings. The van der Waals surface area contributed by atoms with Gasteiger partial charge in [0, 0.05) is 0 Å². The minimum Gasteiger partial charge on any atom is -0.497 e. The number of benzene rings is 2. The van der Waals surface area contributed by atoms with Gasteiger partial charge < -0.3 is 18.9 Å². The number of amides is 2. The van der Waals surface area contributed by atoms with Gasteiger partial charge in [-0.25, -0.2) is 0 Å². The van der Waals surface area contributed by atoms with Crippen LogP contribution in [0.1, 0.15) is 24.2 Å². The summed E-state index contributed by atoms with van der Waals surface area (Å²) < 4.78 is 21.2. The lowest BCUT2D eigenvalue weighted by Gasteiger charge is -2.16. The summed E-state index contributed by atoms with van der Waals surface area (Å²) >= 11 is 0. The Morgan fingerprint density at radius 1 is 0.929 bits per heavy atom. The fourth-order valence-corrected chi connectivity index (χ4v) is 2.32. The summed E-state index contributed by atoms with van der Waals surface area (Å²) in [6, 6.07) is 11.7. The standard InChI is InChI=1S/C20H24N2O6/c1-5-27-14-6-8-15(9-7-14)28-13(2)19(23)21-22-20(24)17-12-16(25-3)10-11-18(17)26-4/h6-13H,5H2,1-4H3,(H,21,23)(H,22,24)/t13-/m0/s1. The zero-order valence-electron chi connectivity index (χ0n) is 16.3. The summed E-state index contributed by atoms with van der Waals surface area (Å²) in [4.78, 5) is 24.6. The first-order valence-corrected chi connectivity index (χ1v) is 8.70. The summed E-state index contributed by atoms with van der Waals surface area (Å²) in [5.41, 5.74) is 4.90. The van der Waals surface area contributed by atoms with Crippen LogP contribution in [0.2, 0.25) is 0 Å². The van der Waals surface area contributed by atoms with Gasteiger partial charge in [0.2, 0.25) is 0 Å². The molecule has 0 spiro atoms. The highest BCUT2D eigenvalue weighted by atomic mass is 16.5. The minimum absolute atomic E-state index is 0.224. The second kappa shape index (κ2) is 10.1. The number of nitrogens with one attached hydrogen (secondary N) is 2. The van der Waals surface area contributed by atoms with Gasteiger partial charge in [-0.2, -0.15) is 0 Å². The van der Waals surface area contributed by atoms with Gasteiger partial charge in [0.15, 0.2) is 6.10 Å². The molecular weight excluding hydrogens is 364 g/mol. The smallest absolute Gasteiger partial charge is 0.279 e. The van der Waals surface area contributed by atoms with Crippen molar-refractivity contribution in [1.29, 1.82) is 0 Å². The third-order valence-electron chi connectivity index (χ3n) is 3.77. The highest BCUT2D eigenvalue weighted by molar-refractivity contribution is 5.98. The summed E-state index contributed by atoms with van der Waals surface area (Å²) in [7, 11) is 2.94. The molecule has 150 valence electrons. The molecule has 2 amide bonds. The van der Waals surface area contributed by atoms with E-state index >= 15 is 0 Å². The summed E-state index contributed by atoms with van der Waals surface area (Å²) in [6.07, 6.45) is -0.828. The zero-order chi connectivity index (χ0) is 20.5. The van der Waals surface area contributed by atoms with Crippen molar-refractivity contribution in [2.45, 2.75) is 20.0 Å². The summed E-state index contributed by atoms with van der Waals surface area (Å²) in [5.74, 6) is 1.01. The second-order valence-electron chi connectivity index (χ2n) is 5.67. The Balaban J connectivity index is 1.92. The van der Waals surface area contributed by atoms with Crippen LogP contribution in [-0.2, 0) is 4.79 Å². The molecule has 0 radical (unpaired) electrons. The van der Waals surface area contributed by atoms with Gasteiger partial charge in [0.1, 0.15) is 23.0 Å². The molecule has 1 atom stereocenters. The van der Waals surface area contributed by atoms with E-state index in [1.54, 1.807) is 43.3 Å².